The highest BCUT2D eigenvalue weighted by molar-refractivity contribution is 9.10. The predicted octanol–water partition coefficient (Wildman–Crippen LogP) is 5.01. The van der Waals surface area contributed by atoms with Gasteiger partial charge in [0.2, 0.25) is 0 Å². The van der Waals surface area contributed by atoms with Crippen molar-refractivity contribution in [3.63, 3.8) is 0 Å². The molecule has 3 heteroatoms. The molecule has 1 aromatic rings. The maximum absolute atomic E-state index is 4.31. The Morgan fingerprint density at radius 3 is 2.40 bits per heavy atom. The smallest absolute Gasteiger partial charge is 0.0542 e. The van der Waals surface area contributed by atoms with Crippen LogP contribution in [-0.2, 0) is 0 Å². The monoisotopic (exact) mass is 334 g/mol. The Bertz CT molecular complexity index is 538. The molecule has 4 aliphatic carbocycles. The maximum atomic E-state index is 4.31. The van der Waals surface area contributed by atoms with Crippen LogP contribution in [0.2, 0.25) is 0 Å². The summed E-state index contributed by atoms with van der Waals surface area (Å²) in [6, 6.07) is 2.16. The molecule has 1 aromatic heterocycles. The van der Waals surface area contributed by atoms with Crippen molar-refractivity contribution in [3.05, 3.63) is 22.9 Å². The Morgan fingerprint density at radius 2 is 1.80 bits per heavy atom. The molecule has 1 heterocycles. The quantitative estimate of drug-likeness (QED) is 0.822. The number of anilines is 1. The molecule has 0 aliphatic heterocycles. The first-order valence-electron chi connectivity index (χ1n) is 7.77. The summed E-state index contributed by atoms with van der Waals surface area (Å²) < 4.78 is 1.06. The first kappa shape index (κ1) is 13.1. The average Bonchev–Trinajstić information content (AvgIpc) is 2.22. The molecule has 2 atom stereocenters. The van der Waals surface area contributed by atoms with E-state index in [2.05, 4.69) is 46.1 Å². The van der Waals surface area contributed by atoms with Crippen molar-refractivity contribution in [2.24, 2.45) is 16.7 Å². The van der Waals surface area contributed by atoms with Gasteiger partial charge in [-0.2, -0.15) is 0 Å². The molecule has 0 spiro atoms. The third-order valence-electron chi connectivity index (χ3n) is 5.74. The zero-order chi connectivity index (χ0) is 14.0. The second-order valence-electron chi connectivity index (χ2n) is 8.43. The van der Waals surface area contributed by atoms with E-state index in [-0.39, 0.29) is 0 Å². The Balaban J connectivity index is 1.67. The first-order chi connectivity index (χ1) is 9.38. The fraction of sp³-hybridized carbons (Fsp3) is 0.706. The van der Waals surface area contributed by atoms with Crippen LogP contribution >= 0.6 is 15.9 Å². The predicted molar refractivity (Wildman–Crippen MR) is 85.7 cm³/mol. The minimum absolute atomic E-state index is 0.311. The lowest BCUT2D eigenvalue weighted by Gasteiger charge is -2.65. The van der Waals surface area contributed by atoms with E-state index in [1.807, 2.05) is 12.4 Å². The minimum atomic E-state index is 0.311. The van der Waals surface area contributed by atoms with Gasteiger partial charge in [0.05, 0.1) is 11.9 Å². The van der Waals surface area contributed by atoms with E-state index in [9.17, 15) is 0 Å². The molecule has 0 amide bonds. The molecular weight excluding hydrogens is 312 g/mol. The molecule has 4 fully saturated rings. The summed E-state index contributed by atoms with van der Waals surface area (Å²) in [5.41, 5.74) is 2.60. The van der Waals surface area contributed by atoms with Gasteiger partial charge >= 0.3 is 0 Å². The third-order valence-corrected chi connectivity index (χ3v) is 6.17. The topological polar surface area (TPSA) is 24.9 Å². The normalized spacial score (nSPS) is 45.6. The number of hydrogen-bond acceptors (Lipinski definition) is 2. The van der Waals surface area contributed by atoms with Crippen molar-refractivity contribution < 1.29 is 0 Å². The lowest BCUT2D eigenvalue weighted by molar-refractivity contribution is -0.0973. The van der Waals surface area contributed by atoms with E-state index < -0.39 is 0 Å². The molecule has 2 unspecified atom stereocenters. The van der Waals surface area contributed by atoms with Gasteiger partial charge in [-0.25, -0.2) is 0 Å². The first-order valence-corrected chi connectivity index (χ1v) is 8.56. The Kier molecular flexibility index (Phi) is 2.62. The summed E-state index contributed by atoms with van der Waals surface area (Å²) in [5, 5.41) is 3.89. The summed E-state index contributed by atoms with van der Waals surface area (Å²) >= 11 is 3.53. The zero-order valence-electron chi connectivity index (χ0n) is 12.4. The van der Waals surface area contributed by atoms with Crippen LogP contribution in [0.25, 0.3) is 0 Å². The molecule has 20 heavy (non-hydrogen) atoms. The number of nitrogens with one attached hydrogen (secondary N) is 1. The van der Waals surface area contributed by atoms with E-state index in [4.69, 9.17) is 0 Å². The number of halogens is 1. The highest BCUT2D eigenvalue weighted by atomic mass is 79.9. The van der Waals surface area contributed by atoms with Crippen molar-refractivity contribution in [1.29, 1.82) is 0 Å². The lowest BCUT2D eigenvalue weighted by atomic mass is 9.43. The van der Waals surface area contributed by atoms with Crippen LogP contribution in [0.1, 0.15) is 52.4 Å². The number of aromatic nitrogens is 1. The van der Waals surface area contributed by atoms with Crippen molar-refractivity contribution in [2.45, 2.75) is 57.9 Å². The molecule has 4 bridgehead atoms. The molecule has 4 saturated carbocycles. The van der Waals surface area contributed by atoms with E-state index in [0.717, 1.165) is 10.4 Å². The molecule has 4 aliphatic rings. The van der Waals surface area contributed by atoms with Crippen LogP contribution in [-0.4, -0.2) is 10.5 Å². The van der Waals surface area contributed by atoms with Crippen LogP contribution in [0.3, 0.4) is 0 Å². The molecule has 0 saturated heterocycles. The van der Waals surface area contributed by atoms with E-state index in [1.165, 1.54) is 44.2 Å². The minimum Gasteiger partial charge on any atom is -0.378 e. The molecule has 0 aromatic carbocycles. The van der Waals surface area contributed by atoms with Gasteiger partial charge in [0, 0.05) is 16.2 Å². The fourth-order valence-corrected chi connectivity index (χ4v) is 6.74. The molecule has 5 rings (SSSR count). The maximum Gasteiger partial charge on any atom is 0.0542 e. The molecule has 0 radical (unpaired) electrons. The van der Waals surface area contributed by atoms with Gasteiger partial charge < -0.3 is 5.32 Å². The van der Waals surface area contributed by atoms with Crippen molar-refractivity contribution in [2.75, 3.05) is 5.32 Å². The lowest BCUT2D eigenvalue weighted by Crippen LogP contribution is -2.61. The average molecular weight is 335 g/mol. The summed E-state index contributed by atoms with van der Waals surface area (Å²) in [4.78, 5) is 4.31. The van der Waals surface area contributed by atoms with Crippen molar-refractivity contribution in [1.82, 2.24) is 4.98 Å². The number of rotatable bonds is 2. The van der Waals surface area contributed by atoms with Crippen LogP contribution in [0.15, 0.2) is 22.9 Å². The standard InChI is InChI=1S/C17H23BrN2/c1-15-4-12-5-16(2,9-15)11-17(6-12,10-15)20-14-3-13(18)7-19-8-14/h3,7-8,12,20H,4-6,9-11H2,1-2H3. The SMILES string of the molecule is CC12CC3CC(C)(C1)CC(Nc1cncc(Br)c1)(C3)C2. The Labute approximate surface area is 129 Å². The van der Waals surface area contributed by atoms with E-state index >= 15 is 0 Å². The largest absolute Gasteiger partial charge is 0.378 e. The van der Waals surface area contributed by atoms with Crippen LogP contribution in [0.4, 0.5) is 5.69 Å². The summed E-state index contributed by atoms with van der Waals surface area (Å²) in [7, 11) is 0. The van der Waals surface area contributed by atoms with Gasteiger partial charge in [-0.05, 0) is 77.3 Å². The van der Waals surface area contributed by atoms with Gasteiger partial charge in [-0.15, -0.1) is 0 Å². The third kappa shape index (κ3) is 2.09. The van der Waals surface area contributed by atoms with Gasteiger partial charge in [0.1, 0.15) is 0 Å². The van der Waals surface area contributed by atoms with Gasteiger partial charge in [-0.3, -0.25) is 4.98 Å². The van der Waals surface area contributed by atoms with Crippen molar-refractivity contribution >= 4 is 21.6 Å². The van der Waals surface area contributed by atoms with Crippen LogP contribution in [0.5, 0.6) is 0 Å². The summed E-state index contributed by atoms with van der Waals surface area (Å²) in [6.07, 6.45) is 12.2. The second-order valence-corrected chi connectivity index (χ2v) is 9.34. The highest BCUT2D eigenvalue weighted by Crippen LogP contribution is 2.66. The zero-order valence-corrected chi connectivity index (χ0v) is 14.0. The van der Waals surface area contributed by atoms with Crippen LogP contribution < -0.4 is 5.32 Å². The Hall–Kier alpha value is -0.570. The second kappa shape index (κ2) is 4.00. The van der Waals surface area contributed by atoms with E-state index in [0.29, 0.717) is 16.4 Å². The summed E-state index contributed by atoms with van der Waals surface area (Å²) in [5.74, 6) is 0.925. The van der Waals surface area contributed by atoms with Gasteiger partial charge in [-0.1, -0.05) is 13.8 Å². The molecule has 1 N–H and O–H groups in total. The summed E-state index contributed by atoms with van der Waals surface area (Å²) in [6.45, 7) is 5.04. The van der Waals surface area contributed by atoms with Crippen molar-refractivity contribution in [3.8, 4) is 0 Å². The van der Waals surface area contributed by atoms with Crippen LogP contribution in [0, 0.1) is 16.7 Å². The van der Waals surface area contributed by atoms with E-state index in [1.54, 1.807) is 0 Å². The van der Waals surface area contributed by atoms with Gasteiger partial charge in [0.25, 0.3) is 0 Å². The molecule has 2 nitrogen and oxygen atoms in total. The number of pyridine rings is 1. The highest BCUT2D eigenvalue weighted by Gasteiger charge is 2.60. The van der Waals surface area contributed by atoms with Gasteiger partial charge in [0.15, 0.2) is 0 Å². The molecular formula is C17H23BrN2. The fourth-order valence-electron chi connectivity index (χ4n) is 6.37. The number of nitrogens with zero attached hydrogens (tertiary/aromatic N) is 1. The Morgan fingerprint density at radius 1 is 1.10 bits per heavy atom. The number of hydrogen-bond donors (Lipinski definition) is 1. The molecule has 108 valence electrons.